The van der Waals surface area contributed by atoms with Crippen LogP contribution in [-0.4, -0.2) is 41.6 Å². The van der Waals surface area contributed by atoms with Crippen molar-refractivity contribution in [3.8, 4) is 0 Å². The van der Waals surface area contributed by atoms with Crippen LogP contribution in [0.1, 0.15) is 34.6 Å². The Morgan fingerprint density at radius 1 is 1.30 bits per heavy atom. The summed E-state index contributed by atoms with van der Waals surface area (Å²) in [7, 11) is 0. The van der Waals surface area contributed by atoms with Gasteiger partial charge in [0.2, 0.25) is 5.91 Å². The van der Waals surface area contributed by atoms with Gasteiger partial charge in [0, 0.05) is 25.6 Å². The molecule has 0 saturated carbocycles. The lowest BCUT2D eigenvalue weighted by Gasteiger charge is -2.26. The molecule has 2 aliphatic rings. The molecule has 2 atom stereocenters. The van der Waals surface area contributed by atoms with Crippen molar-refractivity contribution < 1.29 is 14.4 Å². The summed E-state index contributed by atoms with van der Waals surface area (Å²) in [6.45, 7) is 4.04. The Bertz CT molecular complexity index is 625. The number of Topliss-reactive ketones (excluding diaryl/α,β-unsaturated/α-hetero) is 1. The maximum Gasteiger partial charge on any atom is 0.252 e. The summed E-state index contributed by atoms with van der Waals surface area (Å²) in [5.41, 5.74) is 0.108. The molecule has 0 aromatic heterocycles. The van der Waals surface area contributed by atoms with E-state index in [0.717, 1.165) is 0 Å². The van der Waals surface area contributed by atoms with E-state index in [1.165, 1.54) is 6.92 Å². The van der Waals surface area contributed by atoms with Crippen molar-refractivity contribution in [3.63, 3.8) is 0 Å². The maximum absolute atomic E-state index is 12.8. The smallest absolute Gasteiger partial charge is 0.252 e. The zero-order valence-electron chi connectivity index (χ0n) is 11.5. The minimum atomic E-state index is -0.756. The van der Waals surface area contributed by atoms with E-state index in [4.69, 9.17) is 0 Å². The van der Waals surface area contributed by atoms with Crippen molar-refractivity contribution in [2.24, 2.45) is 5.41 Å². The van der Waals surface area contributed by atoms with E-state index in [0.29, 0.717) is 24.2 Å². The summed E-state index contributed by atoms with van der Waals surface area (Å²) in [6.07, 6.45) is 0. The van der Waals surface area contributed by atoms with E-state index >= 15 is 0 Å². The first kappa shape index (κ1) is 12.8. The van der Waals surface area contributed by atoms with Crippen LogP contribution in [0.3, 0.4) is 0 Å². The first-order chi connectivity index (χ1) is 9.43. The molecule has 2 amide bonds. The van der Waals surface area contributed by atoms with Crippen LogP contribution in [0.2, 0.25) is 0 Å². The molecule has 0 spiro atoms. The highest BCUT2D eigenvalue weighted by molar-refractivity contribution is 6.12. The minimum absolute atomic E-state index is 0.0693. The van der Waals surface area contributed by atoms with Crippen molar-refractivity contribution in [1.82, 2.24) is 10.2 Å². The molecule has 0 radical (unpaired) electrons. The summed E-state index contributed by atoms with van der Waals surface area (Å²) < 4.78 is 0. The van der Waals surface area contributed by atoms with Crippen molar-refractivity contribution in [1.29, 1.82) is 0 Å². The number of likely N-dealkylation sites (tertiary alicyclic amines) is 1. The van der Waals surface area contributed by atoms with Gasteiger partial charge >= 0.3 is 0 Å². The fourth-order valence-corrected chi connectivity index (χ4v) is 3.09. The first-order valence-electron chi connectivity index (χ1n) is 6.63. The second-order valence-corrected chi connectivity index (χ2v) is 5.72. The number of nitrogens with zero attached hydrogens (tertiary/aromatic N) is 1. The first-order valence-corrected chi connectivity index (χ1v) is 6.63. The van der Waals surface area contributed by atoms with Gasteiger partial charge < -0.3 is 10.2 Å². The van der Waals surface area contributed by atoms with Crippen molar-refractivity contribution >= 4 is 17.6 Å². The molecule has 104 valence electrons. The van der Waals surface area contributed by atoms with Gasteiger partial charge in [-0.2, -0.15) is 0 Å². The monoisotopic (exact) mass is 272 g/mol. The highest BCUT2D eigenvalue weighted by Gasteiger charge is 2.52. The summed E-state index contributed by atoms with van der Waals surface area (Å²) in [5.74, 6) is -0.386. The highest BCUT2D eigenvalue weighted by atomic mass is 16.2. The number of amides is 2. The van der Waals surface area contributed by atoms with E-state index < -0.39 is 5.41 Å². The number of fused-ring (bicyclic) bond motifs is 2. The predicted molar refractivity (Wildman–Crippen MR) is 72.4 cm³/mol. The molecule has 2 heterocycles. The van der Waals surface area contributed by atoms with Crippen molar-refractivity contribution in [3.05, 3.63) is 35.4 Å². The average molecular weight is 272 g/mol. The Labute approximate surface area is 116 Å². The molecule has 1 saturated heterocycles. The summed E-state index contributed by atoms with van der Waals surface area (Å²) in [4.78, 5) is 38.2. The van der Waals surface area contributed by atoms with Crippen LogP contribution < -0.4 is 5.32 Å². The summed E-state index contributed by atoms with van der Waals surface area (Å²) in [5, 5.41) is 2.90. The van der Waals surface area contributed by atoms with Crippen LogP contribution in [0.4, 0.5) is 0 Å². The van der Waals surface area contributed by atoms with E-state index in [1.54, 1.807) is 29.2 Å². The third kappa shape index (κ3) is 1.66. The van der Waals surface area contributed by atoms with Gasteiger partial charge in [0.25, 0.3) is 5.91 Å². The van der Waals surface area contributed by atoms with Gasteiger partial charge in [0.15, 0.2) is 5.78 Å². The van der Waals surface area contributed by atoms with E-state index in [2.05, 4.69) is 5.32 Å². The zero-order valence-corrected chi connectivity index (χ0v) is 11.5. The largest absolute Gasteiger partial charge is 0.346 e. The second kappa shape index (κ2) is 4.16. The average Bonchev–Trinajstić information content (AvgIpc) is 2.73. The lowest BCUT2D eigenvalue weighted by atomic mass is 9.78. The third-order valence-electron chi connectivity index (χ3n) is 4.38. The molecule has 0 bridgehead atoms. The number of nitrogens with one attached hydrogen (secondary N) is 1. The normalized spacial score (nSPS) is 28.5. The van der Waals surface area contributed by atoms with Crippen LogP contribution in [0.15, 0.2) is 24.3 Å². The Morgan fingerprint density at radius 3 is 2.60 bits per heavy atom. The standard InChI is InChI=1S/C15H16N2O3/c1-9(18)17-7-12-15(2,8-17)13(19)10-5-3-4-6-11(10)14(20)16-12/h3-6,12H,7-8H2,1-2H3,(H,16,20)/t12-,15+/m1/s1. The topological polar surface area (TPSA) is 66.5 Å². The number of carbonyl (C=O) groups excluding carboxylic acids is 3. The van der Waals surface area contributed by atoms with Gasteiger partial charge in [-0.15, -0.1) is 0 Å². The zero-order chi connectivity index (χ0) is 14.5. The Balaban J connectivity index is 2.09. The molecule has 5 heteroatoms. The fourth-order valence-electron chi connectivity index (χ4n) is 3.09. The lowest BCUT2D eigenvalue weighted by molar-refractivity contribution is -0.128. The quantitative estimate of drug-likeness (QED) is 0.761. The minimum Gasteiger partial charge on any atom is -0.346 e. The van der Waals surface area contributed by atoms with Gasteiger partial charge in [0.05, 0.1) is 17.0 Å². The van der Waals surface area contributed by atoms with Crippen LogP contribution in [0.5, 0.6) is 0 Å². The van der Waals surface area contributed by atoms with Crippen LogP contribution >= 0.6 is 0 Å². The molecule has 3 rings (SSSR count). The van der Waals surface area contributed by atoms with Crippen LogP contribution in [-0.2, 0) is 4.79 Å². The molecular weight excluding hydrogens is 256 g/mol. The number of ketones is 1. The highest BCUT2D eigenvalue weighted by Crippen LogP contribution is 2.37. The summed E-state index contributed by atoms with van der Waals surface area (Å²) in [6, 6.07) is 6.51. The Kier molecular flexibility index (Phi) is 2.67. The molecule has 1 fully saturated rings. The molecule has 0 unspecified atom stereocenters. The van der Waals surface area contributed by atoms with Gasteiger partial charge in [-0.3, -0.25) is 14.4 Å². The third-order valence-corrected chi connectivity index (χ3v) is 4.38. The SMILES string of the molecule is CC(=O)N1C[C@H]2NC(=O)c3ccccc3C(=O)[C@@]2(C)C1. The van der Waals surface area contributed by atoms with E-state index in [-0.39, 0.29) is 23.6 Å². The van der Waals surface area contributed by atoms with Gasteiger partial charge in [-0.05, 0) is 13.0 Å². The van der Waals surface area contributed by atoms with Gasteiger partial charge in [-0.1, -0.05) is 18.2 Å². The van der Waals surface area contributed by atoms with Gasteiger partial charge in [0.1, 0.15) is 0 Å². The van der Waals surface area contributed by atoms with Crippen LogP contribution in [0.25, 0.3) is 0 Å². The number of benzene rings is 1. The van der Waals surface area contributed by atoms with E-state index in [1.807, 2.05) is 6.92 Å². The molecule has 0 aliphatic carbocycles. The molecule has 20 heavy (non-hydrogen) atoms. The van der Waals surface area contributed by atoms with Crippen molar-refractivity contribution in [2.45, 2.75) is 19.9 Å². The number of rotatable bonds is 0. The molecule has 5 nitrogen and oxygen atoms in total. The Hall–Kier alpha value is -2.17. The number of hydrogen-bond acceptors (Lipinski definition) is 3. The molecule has 1 N–H and O–H groups in total. The second-order valence-electron chi connectivity index (χ2n) is 5.72. The predicted octanol–water partition coefficient (Wildman–Crippen LogP) is 0.850. The summed E-state index contributed by atoms with van der Waals surface area (Å²) >= 11 is 0. The van der Waals surface area contributed by atoms with Crippen molar-refractivity contribution in [2.75, 3.05) is 13.1 Å². The molecule has 1 aromatic rings. The van der Waals surface area contributed by atoms with Gasteiger partial charge in [-0.25, -0.2) is 0 Å². The van der Waals surface area contributed by atoms with E-state index in [9.17, 15) is 14.4 Å². The lowest BCUT2D eigenvalue weighted by Crippen LogP contribution is -2.47. The Morgan fingerprint density at radius 2 is 1.95 bits per heavy atom. The number of carbonyl (C=O) groups is 3. The number of hydrogen-bond donors (Lipinski definition) is 1. The molecular formula is C15H16N2O3. The molecule has 2 aliphatic heterocycles. The maximum atomic E-state index is 12.8. The van der Waals surface area contributed by atoms with Crippen LogP contribution in [0, 0.1) is 5.41 Å². The fraction of sp³-hybridized carbons (Fsp3) is 0.400. The molecule has 1 aromatic carbocycles.